The molecular formula is C13H22O2. The maximum absolute atomic E-state index is 11.6. The number of rotatable bonds is 2. The van der Waals surface area contributed by atoms with Crippen LogP contribution in [0.25, 0.3) is 0 Å². The number of aliphatic carboxylic acids is 1. The first-order valence-corrected chi connectivity index (χ1v) is 6.49. The highest BCUT2D eigenvalue weighted by Crippen LogP contribution is 2.48. The van der Waals surface area contributed by atoms with Gasteiger partial charge in [-0.1, -0.05) is 38.5 Å². The molecule has 0 unspecified atom stereocenters. The fraction of sp³-hybridized carbons (Fsp3) is 0.923. The molecule has 0 atom stereocenters. The molecular weight excluding hydrogens is 188 g/mol. The fourth-order valence-electron chi connectivity index (χ4n) is 3.63. The lowest BCUT2D eigenvalue weighted by molar-refractivity contribution is -0.156. The highest BCUT2D eigenvalue weighted by molar-refractivity contribution is 5.75. The Bertz CT molecular complexity index is 223. The zero-order valence-electron chi connectivity index (χ0n) is 9.50. The zero-order valence-corrected chi connectivity index (χ0v) is 9.50. The van der Waals surface area contributed by atoms with E-state index < -0.39 is 5.97 Å². The van der Waals surface area contributed by atoms with E-state index in [0.717, 1.165) is 38.5 Å². The summed E-state index contributed by atoms with van der Waals surface area (Å²) in [4.78, 5) is 11.6. The number of carbonyl (C=O) groups is 1. The van der Waals surface area contributed by atoms with E-state index >= 15 is 0 Å². The van der Waals surface area contributed by atoms with Gasteiger partial charge in [-0.15, -0.1) is 0 Å². The molecule has 2 fully saturated rings. The first kappa shape index (κ1) is 11.0. The van der Waals surface area contributed by atoms with Gasteiger partial charge in [-0.3, -0.25) is 4.79 Å². The summed E-state index contributed by atoms with van der Waals surface area (Å²) in [5.41, 5.74) is -0.335. The Morgan fingerprint density at radius 3 is 2.00 bits per heavy atom. The lowest BCUT2D eigenvalue weighted by Crippen LogP contribution is -2.41. The van der Waals surface area contributed by atoms with Crippen molar-refractivity contribution in [3.8, 4) is 0 Å². The molecule has 2 rings (SSSR count). The molecule has 0 aromatic heterocycles. The van der Waals surface area contributed by atoms with E-state index in [1.54, 1.807) is 0 Å². The van der Waals surface area contributed by atoms with E-state index in [0.29, 0.717) is 5.92 Å². The van der Waals surface area contributed by atoms with Crippen LogP contribution in [0.4, 0.5) is 0 Å². The molecule has 2 saturated carbocycles. The second-order valence-corrected chi connectivity index (χ2v) is 5.36. The van der Waals surface area contributed by atoms with Crippen molar-refractivity contribution in [3.63, 3.8) is 0 Å². The molecule has 0 radical (unpaired) electrons. The van der Waals surface area contributed by atoms with Crippen LogP contribution < -0.4 is 0 Å². The van der Waals surface area contributed by atoms with Crippen LogP contribution >= 0.6 is 0 Å². The summed E-state index contributed by atoms with van der Waals surface area (Å²) >= 11 is 0. The maximum atomic E-state index is 11.6. The Hall–Kier alpha value is -0.530. The van der Waals surface area contributed by atoms with E-state index in [9.17, 15) is 9.90 Å². The van der Waals surface area contributed by atoms with Gasteiger partial charge in [-0.25, -0.2) is 0 Å². The van der Waals surface area contributed by atoms with Crippen molar-refractivity contribution >= 4 is 5.97 Å². The van der Waals surface area contributed by atoms with Gasteiger partial charge in [0.05, 0.1) is 5.41 Å². The Morgan fingerprint density at radius 2 is 1.47 bits per heavy atom. The Kier molecular flexibility index (Phi) is 3.32. The van der Waals surface area contributed by atoms with Crippen molar-refractivity contribution in [2.24, 2.45) is 11.3 Å². The predicted octanol–water partition coefficient (Wildman–Crippen LogP) is 3.60. The average Bonchev–Trinajstić information content (AvgIpc) is 2.31. The van der Waals surface area contributed by atoms with Gasteiger partial charge >= 0.3 is 5.97 Å². The molecule has 0 saturated heterocycles. The third-order valence-corrected chi connectivity index (χ3v) is 4.56. The predicted molar refractivity (Wildman–Crippen MR) is 59.7 cm³/mol. The second kappa shape index (κ2) is 4.54. The van der Waals surface area contributed by atoms with Crippen molar-refractivity contribution in [2.75, 3.05) is 0 Å². The van der Waals surface area contributed by atoms with Gasteiger partial charge in [0, 0.05) is 0 Å². The third kappa shape index (κ3) is 2.04. The van der Waals surface area contributed by atoms with Crippen molar-refractivity contribution in [2.45, 2.75) is 64.2 Å². The van der Waals surface area contributed by atoms with Gasteiger partial charge in [0.15, 0.2) is 0 Å². The highest BCUT2D eigenvalue weighted by atomic mass is 16.4. The van der Waals surface area contributed by atoms with Crippen LogP contribution in [-0.4, -0.2) is 11.1 Å². The number of hydrogen-bond acceptors (Lipinski definition) is 1. The molecule has 0 heterocycles. The van der Waals surface area contributed by atoms with Crippen LogP contribution in [0.5, 0.6) is 0 Å². The molecule has 1 N–H and O–H groups in total. The third-order valence-electron chi connectivity index (χ3n) is 4.56. The zero-order chi connectivity index (χ0) is 10.7. The van der Waals surface area contributed by atoms with E-state index in [4.69, 9.17) is 0 Å². The molecule has 0 amide bonds. The first-order valence-electron chi connectivity index (χ1n) is 6.49. The quantitative estimate of drug-likeness (QED) is 0.756. The van der Waals surface area contributed by atoms with Gasteiger partial charge in [-0.05, 0) is 31.6 Å². The van der Waals surface area contributed by atoms with Gasteiger partial charge in [0.1, 0.15) is 0 Å². The average molecular weight is 210 g/mol. The Balaban J connectivity index is 2.12. The molecule has 0 aliphatic heterocycles. The molecule has 0 spiro atoms. The molecule has 15 heavy (non-hydrogen) atoms. The standard InChI is InChI=1S/C13H22O2/c14-12(15)13(9-5-2-6-10-13)11-7-3-1-4-8-11/h11H,1-10H2,(H,14,15). The molecule has 0 bridgehead atoms. The smallest absolute Gasteiger partial charge is 0.309 e. The molecule has 0 aromatic rings. The van der Waals surface area contributed by atoms with E-state index in [1.165, 1.54) is 25.7 Å². The minimum Gasteiger partial charge on any atom is -0.481 e. The monoisotopic (exact) mass is 210 g/mol. The summed E-state index contributed by atoms with van der Waals surface area (Å²) in [6.45, 7) is 0. The minimum atomic E-state index is -0.505. The van der Waals surface area contributed by atoms with E-state index in [-0.39, 0.29) is 5.41 Å². The van der Waals surface area contributed by atoms with Gasteiger partial charge in [0.25, 0.3) is 0 Å². The SMILES string of the molecule is O=C(O)C1(C2CCCCC2)CCCCC1. The van der Waals surface area contributed by atoms with Crippen molar-refractivity contribution in [3.05, 3.63) is 0 Å². The largest absolute Gasteiger partial charge is 0.481 e. The number of hydrogen-bond donors (Lipinski definition) is 1. The van der Waals surface area contributed by atoms with E-state index in [2.05, 4.69) is 0 Å². The summed E-state index contributed by atoms with van der Waals surface area (Å²) in [5.74, 6) is -0.0295. The molecule has 2 nitrogen and oxygen atoms in total. The molecule has 2 heteroatoms. The minimum absolute atomic E-state index is 0.335. The van der Waals surface area contributed by atoms with Crippen LogP contribution in [0.1, 0.15) is 64.2 Å². The summed E-state index contributed by atoms with van der Waals surface area (Å²) in [6.07, 6.45) is 11.5. The number of carboxylic acid groups (broad SMARTS) is 1. The molecule has 2 aliphatic rings. The van der Waals surface area contributed by atoms with Crippen molar-refractivity contribution < 1.29 is 9.90 Å². The second-order valence-electron chi connectivity index (χ2n) is 5.36. The molecule has 0 aromatic carbocycles. The Morgan fingerprint density at radius 1 is 0.933 bits per heavy atom. The van der Waals surface area contributed by atoms with Crippen LogP contribution in [0.3, 0.4) is 0 Å². The normalized spacial score (nSPS) is 27.5. The summed E-state index contributed by atoms with van der Waals surface area (Å²) in [7, 11) is 0. The van der Waals surface area contributed by atoms with Crippen LogP contribution in [-0.2, 0) is 4.79 Å². The molecule has 86 valence electrons. The van der Waals surface area contributed by atoms with Gasteiger partial charge in [0.2, 0.25) is 0 Å². The molecule has 2 aliphatic carbocycles. The lowest BCUT2D eigenvalue weighted by Gasteiger charge is -2.42. The van der Waals surface area contributed by atoms with Gasteiger partial charge in [-0.2, -0.15) is 0 Å². The fourth-order valence-corrected chi connectivity index (χ4v) is 3.63. The lowest BCUT2D eigenvalue weighted by atomic mass is 9.62. The van der Waals surface area contributed by atoms with Crippen molar-refractivity contribution in [1.29, 1.82) is 0 Å². The number of carboxylic acids is 1. The first-order chi connectivity index (χ1) is 7.26. The van der Waals surface area contributed by atoms with Crippen LogP contribution in [0.15, 0.2) is 0 Å². The van der Waals surface area contributed by atoms with Crippen molar-refractivity contribution in [1.82, 2.24) is 0 Å². The highest BCUT2D eigenvalue weighted by Gasteiger charge is 2.46. The van der Waals surface area contributed by atoms with Crippen LogP contribution in [0, 0.1) is 11.3 Å². The van der Waals surface area contributed by atoms with Gasteiger partial charge < -0.3 is 5.11 Å². The summed E-state index contributed by atoms with van der Waals surface area (Å²) in [5, 5.41) is 9.54. The summed E-state index contributed by atoms with van der Waals surface area (Å²) < 4.78 is 0. The Labute approximate surface area is 92.1 Å². The summed E-state index contributed by atoms with van der Waals surface area (Å²) in [6, 6.07) is 0. The maximum Gasteiger partial charge on any atom is 0.309 e. The van der Waals surface area contributed by atoms with Crippen LogP contribution in [0.2, 0.25) is 0 Å². The topological polar surface area (TPSA) is 37.3 Å². The van der Waals surface area contributed by atoms with E-state index in [1.807, 2.05) is 0 Å².